The number of pyridine rings is 1. The van der Waals surface area contributed by atoms with Gasteiger partial charge in [-0.3, -0.25) is 4.99 Å². The van der Waals surface area contributed by atoms with Crippen LogP contribution in [0.1, 0.15) is 30.4 Å². The number of guanidine groups is 1. The molecule has 28 heavy (non-hydrogen) atoms. The topological polar surface area (TPSA) is 43.8 Å². The summed E-state index contributed by atoms with van der Waals surface area (Å²) < 4.78 is 0. The number of hydrogen-bond donors (Lipinski definition) is 1. The molecule has 0 amide bonds. The van der Waals surface area contributed by atoms with Gasteiger partial charge in [0.25, 0.3) is 0 Å². The lowest BCUT2D eigenvalue weighted by Crippen LogP contribution is -2.47. The molecule has 2 unspecified atom stereocenters. The van der Waals surface area contributed by atoms with Gasteiger partial charge >= 0.3 is 0 Å². The number of anilines is 1. The zero-order chi connectivity index (χ0) is 19.2. The molecule has 0 bridgehead atoms. The SMILES string of the molecule is CN=C(NCc1ccnc(N(C)C)c1)N1CCC(c2ccccc2)C(C)C1.I. The third kappa shape index (κ3) is 5.59. The molecule has 1 N–H and O–H groups in total. The molecule has 0 radical (unpaired) electrons. The molecule has 0 saturated carbocycles. The van der Waals surface area contributed by atoms with E-state index in [0.717, 1.165) is 37.8 Å². The van der Waals surface area contributed by atoms with Crippen LogP contribution in [0.3, 0.4) is 0 Å². The Morgan fingerprint density at radius 2 is 2.00 bits per heavy atom. The lowest BCUT2D eigenvalue weighted by molar-refractivity contribution is 0.234. The standard InChI is InChI=1S/C22H31N5.HI/c1-17-16-27(13-11-20(17)19-8-6-5-7-9-19)22(23-2)25-15-18-10-12-24-21(14-18)26(3)4;/h5-10,12,14,17,20H,11,13,15-16H2,1-4H3,(H,23,25);1H. The maximum Gasteiger partial charge on any atom is 0.193 e. The Bertz CT molecular complexity index is 763. The van der Waals surface area contributed by atoms with E-state index >= 15 is 0 Å². The Morgan fingerprint density at radius 3 is 2.64 bits per heavy atom. The molecule has 1 aromatic carbocycles. The van der Waals surface area contributed by atoms with Gasteiger partial charge < -0.3 is 15.1 Å². The smallest absolute Gasteiger partial charge is 0.193 e. The number of halogens is 1. The van der Waals surface area contributed by atoms with E-state index in [4.69, 9.17) is 0 Å². The van der Waals surface area contributed by atoms with E-state index in [-0.39, 0.29) is 24.0 Å². The minimum Gasteiger partial charge on any atom is -0.363 e. The molecule has 2 atom stereocenters. The summed E-state index contributed by atoms with van der Waals surface area (Å²) >= 11 is 0. The third-order valence-electron chi connectivity index (χ3n) is 5.36. The molecule has 5 nitrogen and oxygen atoms in total. The molecule has 1 fully saturated rings. The molecule has 0 spiro atoms. The summed E-state index contributed by atoms with van der Waals surface area (Å²) in [4.78, 5) is 13.3. The Hall–Kier alpha value is -1.83. The van der Waals surface area contributed by atoms with Crippen molar-refractivity contribution >= 4 is 35.8 Å². The number of aliphatic imine (C=N–C) groups is 1. The molecule has 2 aromatic rings. The Morgan fingerprint density at radius 1 is 1.25 bits per heavy atom. The quantitative estimate of drug-likeness (QED) is 0.398. The molecule has 2 heterocycles. The van der Waals surface area contributed by atoms with Crippen molar-refractivity contribution in [1.82, 2.24) is 15.2 Å². The van der Waals surface area contributed by atoms with Crippen molar-refractivity contribution in [3.63, 3.8) is 0 Å². The van der Waals surface area contributed by atoms with Gasteiger partial charge in [-0.25, -0.2) is 4.98 Å². The van der Waals surface area contributed by atoms with Gasteiger partial charge in [-0.15, -0.1) is 24.0 Å². The molecule has 152 valence electrons. The minimum atomic E-state index is 0. The third-order valence-corrected chi connectivity index (χ3v) is 5.36. The van der Waals surface area contributed by atoms with Crippen molar-refractivity contribution < 1.29 is 0 Å². The first-order valence-corrected chi connectivity index (χ1v) is 9.71. The molecule has 0 aliphatic carbocycles. The summed E-state index contributed by atoms with van der Waals surface area (Å²) in [6.07, 6.45) is 3.02. The van der Waals surface area contributed by atoms with Crippen LogP contribution in [0.5, 0.6) is 0 Å². The number of nitrogens with zero attached hydrogens (tertiary/aromatic N) is 4. The van der Waals surface area contributed by atoms with Crippen LogP contribution in [0.4, 0.5) is 5.82 Å². The summed E-state index contributed by atoms with van der Waals surface area (Å²) in [7, 11) is 5.89. The van der Waals surface area contributed by atoms with Gasteiger partial charge in [-0.1, -0.05) is 37.3 Å². The van der Waals surface area contributed by atoms with Crippen molar-refractivity contribution in [2.75, 3.05) is 39.1 Å². The minimum absolute atomic E-state index is 0. The first-order chi connectivity index (χ1) is 13.1. The lowest BCUT2D eigenvalue weighted by atomic mass is 9.82. The van der Waals surface area contributed by atoms with Crippen LogP contribution < -0.4 is 10.2 Å². The van der Waals surface area contributed by atoms with Crippen LogP contribution in [0.15, 0.2) is 53.7 Å². The number of aromatic nitrogens is 1. The predicted molar refractivity (Wildman–Crippen MR) is 129 cm³/mol. The van der Waals surface area contributed by atoms with Gasteiger partial charge in [0.15, 0.2) is 5.96 Å². The van der Waals surface area contributed by atoms with Crippen molar-refractivity contribution in [2.24, 2.45) is 10.9 Å². The highest BCUT2D eigenvalue weighted by Crippen LogP contribution is 2.32. The number of piperidine rings is 1. The van der Waals surface area contributed by atoms with Crippen molar-refractivity contribution in [1.29, 1.82) is 0 Å². The van der Waals surface area contributed by atoms with Crippen LogP contribution in [-0.4, -0.2) is 50.1 Å². The fourth-order valence-electron chi connectivity index (χ4n) is 3.86. The van der Waals surface area contributed by atoms with Gasteiger partial charge in [0.2, 0.25) is 0 Å². The average molecular weight is 493 g/mol. The van der Waals surface area contributed by atoms with Crippen molar-refractivity contribution in [2.45, 2.75) is 25.8 Å². The van der Waals surface area contributed by atoms with E-state index < -0.39 is 0 Å². The highest BCUT2D eigenvalue weighted by Gasteiger charge is 2.28. The highest BCUT2D eigenvalue weighted by molar-refractivity contribution is 14.0. The van der Waals surface area contributed by atoms with Crippen LogP contribution >= 0.6 is 24.0 Å². The summed E-state index contributed by atoms with van der Waals surface area (Å²) in [5, 5.41) is 3.53. The first kappa shape index (κ1) is 22.5. The molecule has 1 aromatic heterocycles. The van der Waals surface area contributed by atoms with Gasteiger partial charge in [-0.05, 0) is 41.5 Å². The number of hydrogen-bond acceptors (Lipinski definition) is 3. The Balaban J connectivity index is 0.00000280. The van der Waals surface area contributed by atoms with E-state index in [0.29, 0.717) is 11.8 Å². The van der Waals surface area contributed by atoms with Crippen molar-refractivity contribution in [3.05, 3.63) is 59.8 Å². The Kier molecular flexibility index (Phi) is 8.54. The second-order valence-electron chi connectivity index (χ2n) is 7.55. The van der Waals surface area contributed by atoms with E-state index in [2.05, 4.69) is 69.6 Å². The maximum absolute atomic E-state index is 4.52. The fraction of sp³-hybridized carbons (Fsp3) is 0.455. The molecular formula is C22H32IN5. The summed E-state index contributed by atoms with van der Waals surface area (Å²) in [6, 6.07) is 15.1. The average Bonchev–Trinajstić information content (AvgIpc) is 2.69. The summed E-state index contributed by atoms with van der Waals surface area (Å²) in [5.41, 5.74) is 2.67. The van der Waals surface area contributed by atoms with Gasteiger partial charge in [0.1, 0.15) is 5.82 Å². The number of benzene rings is 1. The van der Waals surface area contributed by atoms with Crippen LogP contribution in [0.25, 0.3) is 0 Å². The number of rotatable bonds is 4. The summed E-state index contributed by atoms with van der Waals surface area (Å²) in [6.45, 7) is 5.16. The largest absolute Gasteiger partial charge is 0.363 e. The zero-order valence-corrected chi connectivity index (χ0v) is 19.6. The monoisotopic (exact) mass is 493 g/mol. The van der Waals surface area contributed by atoms with Crippen LogP contribution in [-0.2, 0) is 6.54 Å². The number of likely N-dealkylation sites (tertiary alicyclic amines) is 1. The van der Waals surface area contributed by atoms with Crippen LogP contribution in [0, 0.1) is 5.92 Å². The predicted octanol–water partition coefficient (Wildman–Crippen LogP) is 3.97. The van der Waals surface area contributed by atoms with E-state index in [1.54, 1.807) is 0 Å². The van der Waals surface area contributed by atoms with Gasteiger partial charge in [0.05, 0.1) is 0 Å². The first-order valence-electron chi connectivity index (χ1n) is 9.71. The fourth-order valence-corrected chi connectivity index (χ4v) is 3.86. The highest BCUT2D eigenvalue weighted by atomic mass is 127. The van der Waals surface area contributed by atoms with E-state index in [1.807, 2.05) is 32.2 Å². The van der Waals surface area contributed by atoms with Crippen molar-refractivity contribution in [3.8, 4) is 0 Å². The Labute approximate surface area is 186 Å². The lowest BCUT2D eigenvalue weighted by Gasteiger charge is -2.39. The second kappa shape index (κ2) is 10.6. The zero-order valence-electron chi connectivity index (χ0n) is 17.3. The summed E-state index contributed by atoms with van der Waals surface area (Å²) in [5.74, 6) is 3.18. The molecule has 1 aliphatic heterocycles. The van der Waals surface area contributed by atoms with E-state index in [9.17, 15) is 0 Å². The molecule has 1 saturated heterocycles. The maximum atomic E-state index is 4.52. The molecular weight excluding hydrogens is 461 g/mol. The van der Waals surface area contributed by atoms with Gasteiger partial charge in [0, 0.05) is 47.0 Å². The van der Waals surface area contributed by atoms with E-state index in [1.165, 1.54) is 11.1 Å². The second-order valence-corrected chi connectivity index (χ2v) is 7.55. The molecule has 3 rings (SSSR count). The van der Waals surface area contributed by atoms with Gasteiger partial charge in [-0.2, -0.15) is 0 Å². The number of nitrogens with one attached hydrogen (secondary N) is 1. The normalized spacial score (nSPS) is 19.7. The van der Waals surface area contributed by atoms with Crippen LogP contribution in [0.2, 0.25) is 0 Å². The molecule has 1 aliphatic rings. The molecule has 6 heteroatoms.